The lowest BCUT2D eigenvalue weighted by Crippen LogP contribution is -2.43. The Balaban J connectivity index is 1.67. The number of carbonyl (C=O) groups excluding carboxylic acids is 2. The zero-order valence-electron chi connectivity index (χ0n) is 20.3. The number of halogens is 2. The van der Waals surface area contributed by atoms with Crippen LogP contribution in [0.25, 0.3) is 11.3 Å². The van der Waals surface area contributed by atoms with Crippen molar-refractivity contribution < 1.29 is 22.6 Å². The van der Waals surface area contributed by atoms with Gasteiger partial charge in [0.15, 0.2) is 5.82 Å². The lowest BCUT2D eigenvalue weighted by molar-refractivity contribution is 0.102. The van der Waals surface area contributed by atoms with Gasteiger partial charge in [0.05, 0.1) is 23.0 Å². The van der Waals surface area contributed by atoms with E-state index in [1.54, 1.807) is 42.5 Å². The van der Waals surface area contributed by atoms with E-state index < -0.39 is 34.2 Å². The number of carbonyl (C=O) groups is 2. The summed E-state index contributed by atoms with van der Waals surface area (Å²) in [5, 5.41) is 5.35. The van der Waals surface area contributed by atoms with E-state index in [1.807, 2.05) is 13.0 Å². The fourth-order valence-corrected chi connectivity index (χ4v) is 4.58. The molecule has 0 fully saturated rings. The van der Waals surface area contributed by atoms with E-state index >= 15 is 0 Å². The van der Waals surface area contributed by atoms with Crippen LogP contribution < -0.4 is 15.5 Å². The Morgan fingerprint density at radius 3 is 2.42 bits per heavy atom. The average molecular weight is 534 g/mol. The van der Waals surface area contributed by atoms with Crippen LogP contribution in [0.5, 0.6) is 0 Å². The normalized spacial score (nSPS) is 13.5. The number of urea groups is 1. The molecule has 1 aliphatic rings. The Bertz CT molecular complexity index is 1590. The standard InChI is InChI=1S/C27H21F2N5O3S/c1-15-11-12-17(31-25(35)16-7-4-3-5-8-16)13-18(15)22-19-14-30-27(36)34(23-20(28)9-6-10-21(23)29)24(19)33-26(32-22)38(2)37/h3-13H,14H2,1-2H3,(H,30,36)(H,31,35). The summed E-state index contributed by atoms with van der Waals surface area (Å²) in [5.74, 6) is -2.32. The third-order valence-corrected chi connectivity index (χ3v) is 6.70. The van der Waals surface area contributed by atoms with Crippen LogP contribution in [0, 0.1) is 18.6 Å². The number of amides is 3. The smallest absolute Gasteiger partial charge is 0.328 e. The molecule has 1 unspecified atom stereocenters. The van der Waals surface area contributed by atoms with Gasteiger partial charge in [-0.05, 0) is 48.9 Å². The maximum absolute atomic E-state index is 14.8. The first-order chi connectivity index (χ1) is 18.2. The van der Waals surface area contributed by atoms with Gasteiger partial charge in [0.2, 0.25) is 5.16 Å². The summed E-state index contributed by atoms with van der Waals surface area (Å²) in [6.45, 7) is 1.79. The fourth-order valence-electron chi connectivity index (χ4n) is 4.15. The lowest BCUT2D eigenvalue weighted by atomic mass is 9.99. The van der Waals surface area contributed by atoms with Crippen LogP contribution >= 0.6 is 0 Å². The Hall–Kier alpha value is -4.51. The van der Waals surface area contributed by atoms with Crippen molar-refractivity contribution in [2.24, 2.45) is 0 Å². The van der Waals surface area contributed by atoms with Gasteiger partial charge in [0.1, 0.15) is 17.3 Å². The highest BCUT2D eigenvalue weighted by Crippen LogP contribution is 2.39. The van der Waals surface area contributed by atoms with Gasteiger partial charge in [0, 0.05) is 28.6 Å². The molecule has 38 heavy (non-hydrogen) atoms. The number of hydrogen-bond acceptors (Lipinski definition) is 5. The maximum atomic E-state index is 14.8. The van der Waals surface area contributed by atoms with Gasteiger partial charge in [-0.2, -0.15) is 0 Å². The van der Waals surface area contributed by atoms with E-state index in [2.05, 4.69) is 20.6 Å². The second kappa shape index (κ2) is 10.1. The van der Waals surface area contributed by atoms with Gasteiger partial charge >= 0.3 is 6.03 Å². The Labute approximate surface area is 219 Å². The minimum atomic E-state index is -1.69. The number of nitrogens with zero attached hydrogens (tertiary/aromatic N) is 3. The molecule has 1 aromatic heterocycles. The summed E-state index contributed by atoms with van der Waals surface area (Å²) in [5.41, 5.74) is 2.35. The second-order valence-corrected chi connectivity index (χ2v) is 9.80. The highest BCUT2D eigenvalue weighted by molar-refractivity contribution is 7.84. The van der Waals surface area contributed by atoms with Crippen LogP contribution in [0.4, 0.5) is 30.8 Å². The molecule has 2 N–H and O–H groups in total. The van der Waals surface area contributed by atoms with Crippen LogP contribution in [0.1, 0.15) is 21.5 Å². The van der Waals surface area contributed by atoms with E-state index in [4.69, 9.17) is 0 Å². The van der Waals surface area contributed by atoms with Gasteiger partial charge in [0.25, 0.3) is 5.91 Å². The van der Waals surface area contributed by atoms with Gasteiger partial charge in [-0.15, -0.1) is 0 Å². The molecule has 192 valence electrons. The molecule has 0 radical (unpaired) electrons. The predicted octanol–water partition coefficient (Wildman–Crippen LogP) is 5.08. The predicted molar refractivity (Wildman–Crippen MR) is 140 cm³/mol. The van der Waals surface area contributed by atoms with Crippen molar-refractivity contribution in [1.82, 2.24) is 15.3 Å². The zero-order chi connectivity index (χ0) is 27.0. The summed E-state index contributed by atoms with van der Waals surface area (Å²) in [6, 6.07) is 16.4. The van der Waals surface area contributed by atoms with Crippen LogP contribution in [0.3, 0.4) is 0 Å². The summed E-state index contributed by atoms with van der Waals surface area (Å²) in [7, 11) is -1.69. The van der Waals surface area contributed by atoms with E-state index in [9.17, 15) is 22.6 Å². The first-order valence-electron chi connectivity index (χ1n) is 11.5. The largest absolute Gasteiger partial charge is 0.333 e. The average Bonchev–Trinajstić information content (AvgIpc) is 2.90. The number of aryl methyl sites for hydroxylation is 1. The van der Waals surface area contributed by atoms with Crippen molar-refractivity contribution in [2.45, 2.75) is 18.6 Å². The number of benzene rings is 3. The van der Waals surface area contributed by atoms with Crippen molar-refractivity contribution in [3.8, 4) is 11.3 Å². The molecule has 0 saturated carbocycles. The molecule has 3 amide bonds. The lowest BCUT2D eigenvalue weighted by Gasteiger charge is -2.30. The fraction of sp³-hybridized carbons (Fsp3) is 0.111. The number of fused-ring (bicyclic) bond motifs is 1. The highest BCUT2D eigenvalue weighted by Gasteiger charge is 2.34. The van der Waals surface area contributed by atoms with Crippen LogP contribution in [-0.4, -0.2) is 32.4 Å². The number of rotatable bonds is 5. The first kappa shape index (κ1) is 25.2. The van der Waals surface area contributed by atoms with Gasteiger partial charge < -0.3 is 10.6 Å². The summed E-state index contributed by atoms with van der Waals surface area (Å²) < 4.78 is 42.0. The number of aromatic nitrogens is 2. The Kier molecular flexibility index (Phi) is 6.68. The van der Waals surface area contributed by atoms with Crippen molar-refractivity contribution >= 4 is 39.9 Å². The van der Waals surface area contributed by atoms with Gasteiger partial charge in [-0.1, -0.05) is 30.3 Å². The molecule has 0 saturated heterocycles. The third-order valence-electron chi connectivity index (χ3n) is 6.00. The Morgan fingerprint density at radius 1 is 1.03 bits per heavy atom. The highest BCUT2D eigenvalue weighted by atomic mass is 32.2. The van der Waals surface area contributed by atoms with Crippen LogP contribution in [-0.2, 0) is 17.3 Å². The third kappa shape index (κ3) is 4.63. The molecule has 1 atom stereocenters. The summed E-state index contributed by atoms with van der Waals surface area (Å²) in [6.07, 6.45) is 1.37. The van der Waals surface area contributed by atoms with Crippen molar-refractivity contribution in [1.29, 1.82) is 0 Å². The SMILES string of the molecule is Cc1ccc(NC(=O)c2ccccc2)cc1-c1nc(S(C)=O)nc2c1CNC(=O)N2c1c(F)cccc1F. The van der Waals surface area contributed by atoms with E-state index in [0.29, 0.717) is 28.1 Å². The van der Waals surface area contributed by atoms with E-state index in [0.717, 1.165) is 22.6 Å². The molecule has 0 bridgehead atoms. The van der Waals surface area contributed by atoms with Crippen LogP contribution in [0.2, 0.25) is 0 Å². The molecule has 8 nitrogen and oxygen atoms in total. The molecule has 5 rings (SSSR count). The molecule has 3 aromatic carbocycles. The molecule has 11 heteroatoms. The van der Waals surface area contributed by atoms with Gasteiger partial charge in [-0.25, -0.2) is 28.4 Å². The molecule has 0 aliphatic carbocycles. The number of nitrogens with one attached hydrogen (secondary N) is 2. The second-order valence-electron chi connectivity index (χ2n) is 8.53. The quantitative estimate of drug-likeness (QED) is 0.348. The topological polar surface area (TPSA) is 104 Å². The molecule has 0 spiro atoms. The molecule has 1 aliphatic heterocycles. The first-order valence-corrected chi connectivity index (χ1v) is 13.0. The molecule has 4 aromatic rings. The monoisotopic (exact) mass is 533 g/mol. The summed E-state index contributed by atoms with van der Waals surface area (Å²) in [4.78, 5) is 35.2. The minimum absolute atomic E-state index is 0.0350. The number of anilines is 3. The van der Waals surface area contributed by atoms with E-state index in [-0.39, 0.29) is 23.4 Å². The molecular weight excluding hydrogens is 512 g/mol. The molecule has 2 heterocycles. The van der Waals surface area contributed by atoms with Crippen LogP contribution in [0.15, 0.2) is 71.9 Å². The minimum Gasteiger partial charge on any atom is -0.333 e. The van der Waals surface area contributed by atoms with E-state index in [1.165, 1.54) is 12.3 Å². The number of hydrogen-bond donors (Lipinski definition) is 2. The van der Waals surface area contributed by atoms with Gasteiger partial charge in [-0.3, -0.25) is 9.00 Å². The zero-order valence-corrected chi connectivity index (χ0v) is 21.1. The maximum Gasteiger partial charge on any atom is 0.328 e. The summed E-state index contributed by atoms with van der Waals surface area (Å²) >= 11 is 0. The van der Waals surface area contributed by atoms with Crippen molar-refractivity contribution in [3.63, 3.8) is 0 Å². The Morgan fingerprint density at radius 2 is 1.74 bits per heavy atom. The molecular formula is C27H21F2N5O3S. The van der Waals surface area contributed by atoms with Crippen molar-refractivity contribution in [3.05, 3.63) is 95.1 Å². The number of para-hydroxylation sites is 1. The van der Waals surface area contributed by atoms with Crippen molar-refractivity contribution in [2.75, 3.05) is 16.5 Å².